The van der Waals surface area contributed by atoms with Crippen LogP contribution in [-0.4, -0.2) is 33.6 Å². The minimum absolute atomic E-state index is 0.00598. The van der Waals surface area contributed by atoms with Gasteiger partial charge in [-0.1, -0.05) is 36.3 Å². The lowest BCUT2D eigenvalue weighted by molar-refractivity contribution is -0.384. The van der Waals surface area contributed by atoms with Crippen molar-refractivity contribution < 1.29 is 14.2 Å². The SMILES string of the molecule is CCN(Cc1ccc(OC)cc1)Cc1nc(-c2cccc([N+](=O)[O-])c2)no1. The molecule has 0 aliphatic rings. The number of hydrogen-bond donors (Lipinski definition) is 0. The fourth-order valence-corrected chi connectivity index (χ4v) is 2.65. The van der Waals surface area contributed by atoms with Crippen LogP contribution >= 0.6 is 0 Å². The normalized spacial score (nSPS) is 10.9. The first-order chi connectivity index (χ1) is 13.1. The number of ether oxygens (including phenoxy) is 1. The molecule has 0 aliphatic carbocycles. The molecule has 0 bridgehead atoms. The molecule has 0 fully saturated rings. The molecular formula is C19H20N4O4. The average molecular weight is 368 g/mol. The molecule has 0 spiro atoms. The van der Waals surface area contributed by atoms with Gasteiger partial charge in [0.15, 0.2) is 0 Å². The Balaban J connectivity index is 1.69. The van der Waals surface area contributed by atoms with E-state index >= 15 is 0 Å². The van der Waals surface area contributed by atoms with Crippen LogP contribution in [0.4, 0.5) is 5.69 Å². The van der Waals surface area contributed by atoms with Crippen molar-refractivity contribution in [3.05, 3.63) is 70.1 Å². The third kappa shape index (κ3) is 4.68. The largest absolute Gasteiger partial charge is 0.497 e. The second-order valence-corrected chi connectivity index (χ2v) is 5.97. The summed E-state index contributed by atoms with van der Waals surface area (Å²) in [5.41, 5.74) is 1.70. The summed E-state index contributed by atoms with van der Waals surface area (Å²) in [4.78, 5) is 17.0. The van der Waals surface area contributed by atoms with E-state index in [4.69, 9.17) is 9.26 Å². The van der Waals surface area contributed by atoms with Crippen LogP contribution in [0.3, 0.4) is 0 Å². The van der Waals surface area contributed by atoms with Crippen LogP contribution in [0.1, 0.15) is 18.4 Å². The van der Waals surface area contributed by atoms with Gasteiger partial charge in [0.25, 0.3) is 5.69 Å². The summed E-state index contributed by atoms with van der Waals surface area (Å²) in [6.07, 6.45) is 0. The molecule has 0 radical (unpaired) electrons. The van der Waals surface area contributed by atoms with E-state index in [1.54, 1.807) is 19.2 Å². The molecule has 1 heterocycles. The Morgan fingerprint density at radius 1 is 1.19 bits per heavy atom. The Morgan fingerprint density at radius 2 is 1.96 bits per heavy atom. The van der Waals surface area contributed by atoms with Crippen LogP contribution in [-0.2, 0) is 13.1 Å². The highest BCUT2D eigenvalue weighted by atomic mass is 16.6. The van der Waals surface area contributed by atoms with Crippen molar-refractivity contribution in [3.63, 3.8) is 0 Å². The number of non-ortho nitro benzene ring substituents is 1. The lowest BCUT2D eigenvalue weighted by Gasteiger charge is -2.18. The summed E-state index contributed by atoms with van der Waals surface area (Å²) in [7, 11) is 1.64. The Morgan fingerprint density at radius 3 is 2.63 bits per heavy atom. The van der Waals surface area contributed by atoms with E-state index in [1.165, 1.54) is 12.1 Å². The summed E-state index contributed by atoms with van der Waals surface area (Å²) >= 11 is 0. The van der Waals surface area contributed by atoms with Crippen LogP contribution in [0.2, 0.25) is 0 Å². The predicted molar refractivity (Wildman–Crippen MR) is 99.2 cm³/mol. The summed E-state index contributed by atoms with van der Waals surface area (Å²) < 4.78 is 10.5. The first kappa shape index (κ1) is 18.5. The van der Waals surface area contributed by atoms with Crippen LogP contribution in [0.15, 0.2) is 53.1 Å². The van der Waals surface area contributed by atoms with Crippen molar-refractivity contribution in [3.8, 4) is 17.1 Å². The van der Waals surface area contributed by atoms with Gasteiger partial charge in [0.2, 0.25) is 11.7 Å². The van der Waals surface area contributed by atoms with Crippen molar-refractivity contribution in [1.29, 1.82) is 0 Å². The number of nitro groups is 1. The Labute approximate surface area is 156 Å². The van der Waals surface area contributed by atoms with Crippen molar-refractivity contribution in [2.24, 2.45) is 0 Å². The third-order valence-electron chi connectivity index (χ3n) is 4.15. The van der Waals surface area contributed by atoms with E-state index in [2.05, 4.69) is 22.0 Å². The van der Waals surface area contributed by atoms with E-state index in [1.807, 2.05) is 24.3 Å². The summed E-state index contributed by atoms with van der Waals surface area (Å²) in [5, 5.41) is 14.9. The fraction of sp³-hybridized carbons (Fsp3) is 0.263. The molecule has 0 amide bonds. The zero-order valence-electron chi connectivity index (χ0n) is 15.2. The lowest BCUT2D eigenvalue weighted by atomic mass is 10.2. The highest BCUT2D eigenvalue weighted by Gasteiger charge is 2.15. The summed E-state index contributed by atoms with van der Waals surface area (Å²) in [6, 6.07) is 14.1. The number of hydrogen-bond acceptors (Lipinski definition) is 7. The van der Waals surface area contributed by atoms with Gasteiger partial charge in [0.1, 0.15) is 5.75 Å². The maximum Gasteiger partial charge on any atom is 0.270 e. The molecule has 0 N–H and O–H groups in total. The number of rotatable bonds is 8. The van der Waals surface area contributed by atoms with Crippen LogP contribution in [0.25, 0.3) is 11.4 Å². The fourth-order valence-electron chi connectivity index (χ4n) is 2.65. The van der Waals surface area contributed by atoms with Gasteiger partial charge >= 0.3 is 0 Å². The van der Waals surface area contributed by atoms with Gasteiger partial charge in [0, 0.05) is 24.2 Å². The molecule has 0 atom stereocenters. The second kappa shape index (κ2) is 8.41. The molecule has 0 aliphatic heterocycles. The molecule has 2 aromatic carbocycles. The van der Waals surface area contributed by atoms with Gasteiger partial charge in [-0.05, 0) is 24.2 Å². The van der Waals surface area contributed by atoms with Gasteiger partial charge in [-0.3, -0.25) is 15.0 Å². The first-order valence-electron chi connectivity index (χ1n) is 8.51. The van der Waals surface area contributed by atoms with Gasteiger partial charge in [-0.2, -0.15) is 4.98 Å². The third-order valence-corrected chi connectivity index (χ3v) is 4.15. The predicted octanol–water partition coefficient (Wildman–Crippen LogP) is 3.68. The molecule has 27 heavy (non-hydrogen) atoms. The summed E-state index contributed by atoms with van der Waals surface area (Å²) in [5.74, 6) is 1.63. The molecule has 0 unspecified atom stereocenters. The molecule has 8 heteroatoms. The smallest absolute Gasteiger partial charge is 0.270 e. The lowest BCUT2D eigenvalue weighted by Crippen LogP contribution is -2.22. The Bertz CT molecular complexity index is 908. The number of nitro benzene ring substituents is 1. The number of benzene rings is 2. The standard InChI is InChI=1S/C19H20N4O4/c1-3-22(12-14-7-9-17(26-2)10-8-14)13-18-20-19(21-27-18)15-5-4-6-16(11-15)23(24)25/h4-11H,3,12-13H2,1-2H3. The zero-order valence-corrected chi connectivity index (χ0v) is 15.2. The van der Waals surface area contributed by atoms with Gasteiger partial charge in [0.05, 0.1) is 18.6 Å². The molecule has 3 rings (SSSR count). The quantitative estimate of drug-likeness (QED) is 0.442. The number of nitrogens with zero attached hydrogens (tertiary/aromatic N) is 4. The number of methoxy groups -OCH3 is 1. The maximum absolute atomic E-state index is 10.9. The average Bonchev–Trinajstić information content (AvgIpc) is 3.16. The van der Waals surface area contributed by atoms with Gasteiger partial charge in [-0.25, -0.2) is 0 Å². The topological polar surface area (TPSA) is 94.5 Å². The Kier molecular flexibility index (Phi) is 5.77. The maximum atomic E-state index is 10.9. The molecule has 140 valence electrons. The highest BCUT2D eigenvalue weighted by molar-refractivity contribution is 5.58. The Hall–Kier alpha value is -3.26. The van der Waals surface area contributed by atoms with Gasteiger partial charge < -0.3 is 9.26 Å². The molecule has 0 saturated heterocycles. The van der Waals surface area contributed by atoms with E-state index in [-0.39, 0.29) is 5.69 Å². The van der Waals surface area contributed by atoms with Crippen molar-refractivity contribution in [2.75, 3.05) is 13.7 Å². The molecule has 0 saturated carbocycles. The van der Waals surface area contributed by atoms with Crippen molar-refractivity contribution in [1.82, 2.24) is 15.0 Å². The van der Waals surface area contributed by atoms with Crippen LogP contribution in [0.5, 0.6) is 5.75 Å². The van der Waals surface area contributed by atoms with Crippen LogP contribution in [0, 0.1) is 10.1 Å². The van der Waals surface area contributed by atoms with Crippen molar-refractivity contribution >= 4 is 5.69 Å². The van der Waals surface area contributed by atoms with Crippen molar-refractivity contribution in [2.45, 2.75) is 20.0 Å². The van der Waals surface area contributed by atoms with E-state index in [0.717, 1.165) is 24.4 Å². The molecule has 1 aromatic heterocycles. The molecule has 8 nitrogen and oxygen atoms in total. The highest BCUT2D eigenvalue weighted by Crippen LogP contribution is 2.22. The number of aromatic nitrogens is 2. The van der Waals surface area contributed by atoms with E-state index in [9.17, 15) is 10.1 Å². The van der Waals surface area contributed by atoms with E-state index < -0.39 is 4.92 Å². The van der Waals surface area contributed by atoms with E-state index in [0.29, 0.717) is 23.8 Å². The van der Waals surface area contributed by atoms with Gasteiger partial charge in [-0.15, -0.1) is 0 Å². The minimum Gasteiger partial charge on any atom is -0.497 e. The monoisotopic (exact) mass is 368 g/mol. The zero-order chi connectivity index (χ0) is 19.2. The minimum atomic E-state index is -0.446. The first-order valence-corrected chi connectivity index (χ1v) is 8.51. The molecule has 3 aromatic rings. The summed E-state index contributed by atoms with van der Waals surface area (Å²) in [6.45, 7) is 4.08. The molecular weight excluding hydrogens is 348 g/mol. The second-order valence-electron chi connectivity index (χ2n) is 5.97. The van der Waals surface area contributed by atoms with Crippen LogP contribution < -0.4 is 4.74 Å².